The SMILES string of the molecule is COc1cc(Nc2ncc(C#N)c(NC3CC(C)(C)NC(C)(C)C3)n2)cc(-n2nnnc2C)c1. The van der Waals surface area contributed by atoms with Crippen LogP contribution in [0.1, 0.15) is 51.9 Å². The average Bonchev–Trinajstić information content (AvgIpc) is 3.17. The van der Waals surface area contributed by atoms with E-state index in [1.807, 2.05) is 25.1 Å². The fourth-order valence-corrected chi connectivity index (χ4v) is 4.75. The largest absolute Gasteiger partial charge is 0.497 e. The summed E-state index contributed by atoms with van der Waals surface area (Å²) in [6.45, 7) is 10.6. The Labute approximate surface area is 198 Å². The summed E-state index contributed by atoms with van der Waals surface area (Å²) in [7, 11) is 1.59. The molecular formula is C23H30N10O. The number of nitriles is 1. The molecule has 11 heteroatoms. The van der Waals surface area contributed by atoms with E-state index in [-0.39, 0.29) is 17.1 Å². The van der Waals surface area contributed by atoms with Crippen LogP contribution < -0.4 is 20.7 Å². The quantitative estimate of drug-likeness (QED) is 0.501. The highest BCUT2D eigenvalue weighted by molar-refractivity contribution is 5.63. The molecule has 3 aromatic rings. The highest BCUT2D eigenvalue weighted by Gasteiger charge is 2.38. The summed E-state index contributed by atoms with van der Waals surface area (Å²) < 4.78 is 7.06. The van der Waals surface area contributed by atoms with Crippen LogP contribution in [0.25, 0.3) is 5.69 Å². The van der Waals surface area contributed by atoms with Crippen LogP contribution >= 0.6 is 0 Å². The van der Waals surface area contributed by atoms with Crippen molar-refractivity contribution in [2.24, 2.45) is 0 Å². The Hall–Kier alpha value is -3.78. The first-order valence-corrected chi connectivity index (χ1v) is 11.1. The van der Waals surface area contributed by atoms with E-state index in [0.717, 1.165) is 18.5 Å². The lowest BCUT2D eigenvalue weighted by Crippen LogP contribution is -2.60. The molecule has 0 radical (unpaired) electrons. The van der Waals surface area contributed by atoms with Gasteiger partial charge in [0.25, 0.3) is 0 Å². The molecule has 1 aromatic carbocycles. The van der Waals surface area contributed by atoms with Gasteiger partial charge in [0.1, 0.15) is 23.2 Å². The third-order valence-corrected chi connectivity index (χ3v) is 5.69. The Bertz CT molecular complexity index is 1210. The second kappa shape index (κ2) is 8.87. The number of nitrogens with zero attached hydrogens (tertiary/aromatic N) is 7. The maximum Gasteiger partial charge on any atom is 0.229 e. The number of rotatable bonds is 6. The van der Waals surface area contributed by atoms with Gasteiger partial charge in [0.15, 0.2) is 5.82 Å². The zero-order chi connectivity index (χ0) is 24.5. The zero-order valence-corrected chi connectivity index (χ0v) is 20.3. The van der Waals surface area contributed by atoms with Crippen molar-refractivity contribution in [2.75, 3.05) is 17.7 Å². The van der Waals surface area contributed by atoms with Crippen LogP contribution in [-0.4, -0.2) is 54.4 Å². The lowest BCUT2D eigenvalue weighted by Gasteiger charge is -2.46. The third-order valence-electron chi connectivity index (χ3n) is 5.69. The molecule has 0 aliphatic carbocycles. The number of hydrogen-bond donors (Lipinski definition) is 3. The molecule has 4 rings (SSSR count). The number of tetrazole rings is 1. The second-order valence-electron chi connectivity index (χ2n) is 9.89. The molecule has 178 valence electrons. The van der Waals surface area contributed by atoms with Gasteiger partial charge in [-0.1, -0.05) is 0 Å². The molecule has 1 saturated heterocycles. The Morgan fingerprint density at radius 1 is 1.18 bits per heavy atom. The molecule has 0 atom stereocenters. The fourth-order valence-electron chi connectivity index (χ4n) is 4.75. The van der Waals surface area contributed by atoms with Gasteiger partial charge in [-0.05, 0) is 64.0 Å². The summed E-state index contributed by atoms with van der Waals surface area (Å²) >= 11 is 0. The van der Waals surface area contributed by atoms with Gasteiger partial charge >= 0.3 is 0 Å². The van der Waals surface area contributed by atoms with E-state index >= 15 is 0 Å². The molecule has 0 unspecified atom stereocenters. The number of anilines is 3. The van der Waals surface area contributed by atoms with Gasteiger partial charge < -0.3 is 20.7 Å². The van der Waals surface area contributed by atoms with Crippen LogP contribution in [0.2, 0.25) is 0 Å². The predicted octanol–water partition coefficient (Wildman–Crippen LogP) is 3.11. The summed E-state index contributed by atoms with van der Waals surface area (Å²) in [6, 6.07) is 7.89. The Balaban J connectivity index is 1.61. The summed E-state index contributed by atoms with van der Waals surface area (Å²) in [5.41, 5.74) is 1.76. The number of nitrogens with one attached hydrogen (secondary N) is 3. The Morgan fingerprint density at radius 2 is 1.91 bits per heavy atom. The molecule has 0 saturated carbocycles. The standard InChI is InChI=1S/C23H30N10O/c1-14-29-31-32-33(14)18-7-16(8-19(9-18)34-6)27-21-25-13-15(12-24)20(28-21)26-17-10-22(2,3)30-23(4,5)11-17/h7-9,13,17,30H,10-11H2,1-6H3,(H2,25,26,27,28). The first-order chi connectivity index (χ1) is 16.1. The van der Waals surface area contributed by atoms with E-state index in [0.29, 0.717) is 34.6 Å². The lowest BCUT2D eigenvalue weighted by atomic mass is 9.79. The number of ether oxygens (including phenoxy) is 1. The van der Waals surface area contributed by atoms with Crippen molar-refractivity contribution in [1.29, 1.82) is 5.26 Å². The fraction of sp³-hybridized carbons (Fsp3) is 0.478. The third kappa shape index (κ3) is 5.23. The summed E-state index contributed by atoms with van der Waals surface area (Å²) in [5, 5.41) is 31.7. The van der Waals surface area contributed by atoms with Gasteiger partial charge in [-0.15, -0.1) is 5.10 Å². The van der Waals surface area contributed by atoms with E-state index in [1.54, 1.807) is 11.8 Å². The molecule has 34 heavy (non-hydrogen) atoms. The number of methoxy groups -OCH3 is 1. The summed E-state index contributed by atoms with van der Waals surface area (Å²) in [5.74, 6) is 2.15. The molecule has 1 fully saturated rings. The molecule has 3 heterocycles. The van der Waals surface area contributed by atoms with Gasteiger partial charge in [-0.25, -0.2) is 4.98 Å². The van der Waals surface area contributed by atoms with Crippen LogP contribution in [-0.2, 0) is 0 Å². The number of aryl methyl sites for hydroxylation is 1. The van der Waals surface area contributed by atoms with Crippen LogP contribution in [0, 0.1) is 18.3 Å². The van der Waals surface area contributed by atoms with Crippen molar-refractivity contribution in [1.82, 2.24) is 35.5 Å². The van der Waals surface area contributed by atoms with Crippen molar-refractivity contribution in [3.05, 3.63) is 35.8 Å². The topological polar surface area (TPSA) is 138 Å². The van der Waals surface area contributed by atoms with Crippen molar-refractivity contribution in [2.45, 2.75) is 64.6 Å². The molecule has 0 bridgehead atoms. The highest BCUT2D eigenvalue weighted by Crippen LogP contribution is 2.31. The van der Waals surface area contributed by atoms with E-state index in [4.69, 9.17) is 4.74 Å². The van der Waals surface area contributed by atoms with Gasteiger partial charge in [-0.2, -0.15) is 14.9 Å². The maximum atomic E-state index is 9.63. The van der Waals surface area contributed by atoms with Gasteiger partial charge in [0.05, 0.1) is 19.0 Å². The molecule has 3 N–H and O–H groups in total. The van der Waals surface area contributed by atoms with Crippen LogP contribution in [0.5, 0.6) is 5.75 Å². The van der Waals surface area contributed by atoms with Crippen LogP contribution in [0.4, 0.5) is 17.5 Å². The molecule has 2 aromatic heterocycles. The van der Waals surface area contributed by atoms with Crippen molar-refractivity contribution < 1.29 is 4.74 Å². The van der Waals surface area contributed by atoms with Crippen molar-refractivity contribution in [3.63, 3.8) is 0 Å². The molecule has 1 aliphatic heterocycles. The van der Waals surface area contributed by atoms with Crippen LogP contribution in [0.15, 0.2) is 24.4 Å². The van der Waals surface area contributed by atoms with Crippen molar-refractivity contribution in [3.8, 4) is 17.5 Å². The normalized spacial score (nSPS) is 17.1. The lowest BCUT2D eigenvalue weighted by molar-refractivity contribution is 0.170. The second-order valence-corrected chi connectivity index (χ2v) is 9.89. The first-order valence-electron chi connectivity index (χ1n) is 11.1. The van der Waals surface area contributed by atoms with E-state index in [9.17, 15) is 5.26 Å². The highest BCUT2D eigenvalue weighted by atomic mass is 16.5. The average molecular weight is 463 g/mol. The van der Waals surface area contributed by atoms with Gasteiger partial charge in [0.2, 0.25) is 5.95 Å². The first kappa shape index (κ1) is 23.4. The number of aromatic nitrogens is 6. The minimum Gasteiger partial charge on any atom is -0.497 e. The number of piperidine rings is 1. The van der Waals surface area contributed by atoms with Crippen molar-refractivity contribution >= 4 is 17.5 Å². The smallest absolute Gasteiger partial charge is 0.229 e. The summed E-state index contributed by atoms with van der Waals surface area (Å²) in [6.07, 6.45) is 3.33. The molecular weight excluding hydrogens is 432 g/mol. The number of hydrogen-bond acceptors (Lipinski definition) is 10. The molecule has 0 spiro atoms. The van der Waals surface area contributed by atoms with Gasteiger partial charge in [0, 0.05) is 34.9 Å². The minimum absolute atomic E-state index is 0.0360. The molecule has 1 aliphatic rings. The van der Waals surface area contributed by atoms with E-state index in [1.165, 1.54) is 6.20 Å². The Morgan fingerprint density at radius 3 is 2.53 bits per heavy atom. The Kier molecular flexibility index (Phi) is 6.10. The minimum atomic E-state index is -0.0360. The van der Waals surface area contributed by atoms with E-state index in [2.05, 4.69) is 75.2 Å². The predicted molar refractivity (Wildman–Crippen MR) is 128 cm³/mol. The monoisotopic (exact) mass is 462 g/mol. The van der Waals surface area contributed by atoms with Crippen LogP contribution in [0.3, 0.4) is 0 Å². The summed E-state index contributed by atoms with van der Waals surface area (Å²) in [4.78, 5) is 8.97. The molecule has 11 nitrogen and oxygen atoms in total. The zero-order valence-electron chi connectivity index (χ0n) is 20.3. The van der Waals surface area contributed by atoms with Gasteiger partial charge in [-0.3, -0.25) is 0 Å². The van der Waals surface area contributed by atoms with E-state index < -0.39 is 0 Å². The number of benzene rings is 1. The molecule has 0 amide bonds. The maximum absolute atomic E-state index is 9.63.